The van der Waals surface area contributed by atoms with Crippen LogP contribution in [0.1, 0.15) is 20.8 Å². The molecule has 0 saturated heterocycles. The number of rotatable bonds is 4. The Kier molecular flexibility index (Phi) is 5.92. The second-order valence-corrected chi connectivity index (χ2v) is 2.73. The summed E-state index contributed by atoms with van der Waals surface area (Å²) in [6, 6.07) is -0.922. The number of amides is 2. The molecule has 0 radical (unpaired) electrons. The lowest BCUT2D eigenvalue weighted by molar-refractivity contribution is -0.152. The van der Waals surface area contributed by atoms with Gasteiger partial charge in [-0.15, -0.1) is 0 Å². The number of hydrogen-bond acceptors (Lipinski definition) is 4. The molecule has 6 nitrogen and oxygen atoms in total. The van der Waals surface area contributed by atoms with E-state index in [1.54, 1.807) is 25.4 Å². The second kappa shape index (κ2) is 6.69. The predicted molar refractivity (Wildman–Crippen MR) is 53.4 cm³/mol. The van der Waals surface area contributed by atoms with Gasteiger partial charge in [0.1, 0.15) is 11.7 Å². The van der Waals surface area contributed by atoms with E-state index in [0.717, 1.165) is 0 Å². The summed E-state index contributed by atoms with van der Waals surface area (Å²) in [5.41, 5.74) is 6.49. The Morgan fingerprint density at radius 3 is 2.53 bits per heavy atom. The molecular weight excluding hydrogens is 200 g/mol. The highest BCUT2D eigenvalue weighted by atomic mass is 16.7. The fourth-order valence-electron chi connectivity index (χ4n) is 0.930. The maximum atomic E-state index is 11.3. The Hall–Kier alpha value is -1.72. The van der Waals surface area contributed by atoms with Crippen molar-refractivity contribution in [2.24, 2.45) is 11.7 Å². The number of carbonyl (C=O) groups excluding carboxylic acids is 2. The van der Waals surface area contributed by atoms with Gasteiger partial charge in [-0.2, -0.15) is 5.48 Å². The van der Waals surface area contributed by atoms with Crippen LogP contribution in [0.5, 0.6) is 0 Å². The molecular formula is C9H16N2O4. The zero-order valence-electron chi connectivity index (χ0n) is 9.07. The molecule has 0 rings (SSSR count). The number of urea groups is 1. The van der Waals surface area contributed by atoms with E-state index in [9.17, 15) is 9.59 Å². The fourth-order valence-corrected chi connectivity index (χ4v) is 0.930. The average molecular weight is 216 g/mol. The van der Waals surface area contributed by atoms with Crippen LogP contribution < -0.4 is 11.2 Å². The molecule has 0 aromatic heterocycles. The maximum Gasteiger partial charge on any atom is 0.345 e. The van der Waals surface area contributed by atoms with E-state index in [-0.39, 0.29) is 0 Å². The molecule has 0 aliphatic rings. The monoisotopic (exact) mass is 216 g/mol. The molecule has 15 heavy (non-hydrogen) atoms. The van der Waals surface area contributed by atoms with Crippen LogP contribution in [-0.4, -0.2) is 18.6 Å². The lowest BCUT2D eigenvalue weighted by Crippen LogP contribution is -2.34. The van der Waals surface area contributed by atoms with Gasteiger partial charge in [0.2, 0.25) is 0 Å². The van der Waals surface area contributed by atoms with E-state index < -0.39 is 17.9 Å². The van der Waals surface area contributed by atoms with E-state index >= 15 is 0 Å². The van der Waals surface area contributed by atoms with Crippen molar-refractivity contribution >= 4 is 12.0 Å². The highest BCUT2D eigenvalue weighted by Gasteiger charge is 2.20. The minimum atomic E-state index is -0.922. The molecule has 0 aliphatic heterocycles. The van der Waals surface area contributed by atoms with Gasteiger partial charge in [0.05, 0.1) is 6.61 Å². The lowest BCUT2D eigenvalue weighted by Gasteiger charge is -2.14. The van der Waals surface area contributed by atoms with Gasteiger partial charge in [-0.3, -0.25) is 0 Å². The topological polar surface area (TPSA) is 90.7 Å². The predicted octanol–water partition coefficient (Wildman–Crippen LogP) is 0.689. The van der Waals surface area contributed by atoms with Crippen LogP contribution in [0.4, 0.5) is 4.79 Å². The summed E-state index contributed by atoms with van der Waals surface area (Å²) < 4.78 is 5.20. The molecule has 0 saturated carbocycles. The molecule has 0 fully saturated rings. The zero-order chi connectivity index (χ0) is 11.8. The first-order valence-corrected chi connectivity index (χ1v) is 4.58. The Labute approximate surface area is 88.4 Å². The van der Waals surface area contributed by atoms with Crippen LogP contribution in [0.2, 0.25) is 0 Å². The highest BCUT2D eigenvalue weighted by molar-refractivity contribution is 5.77. The number of hydroxylamine groups is 1. The minimum absolute atomic E-state index is 0.459. The SMILES string of the molecule is CC=C(OCC)C(C)C(=O)ONC(N)=O. The number of allylic oxidation sites excluding steroid dienone is 1. The largest absolute Gasteiger partial charge is 0.498 e. The van der Waals surface area contributed by atoms with Crippen molar-refractivity contribution in [3.63, 3.8) is 0 Å². The molecule has 1 atom stereocenters. The molecule has 6 heteroatoms. The number of nitrogens with one attached hydrogen (secondary N) is 1. The molecule has 0 heterocycles. The van der Waals surface area contributed by atoms with Crippen LogP contribution in [-0.2, 0) is 14.4 Å². The van der Waals surface area contributed by atoms with Crippen molar-refractivity contribution in [3.05, 3.63) is 11.8 Å². The molecule has 86 valence electrons. The third kappa shape index (κ3) is 4.90. The number of hydrogen-bond donors (Lipinski definition) is 2. The first-order chi connectivity index (χ1) is 7.02. The van der Waals surface area contributed by atoms with E-state index in [1.807, 2.05) is 6.92 Å². The van der Waals surface area contributed by atoms with Gasteiger partial charge >= 0.3 is 12.0 Å². The van der Waals surface area contributed by atoms with Gasteiger partial charge in [0, 0.05) is 0 Å². The van der Waals surface area contributed by atoms with Crippen molar-refractivity contribution in [3.8, 4) is 0 Å². The van der Waals surface area contributed by atoms with E-state index in [2.05, 4.69) is 4.84 Å². The minimum Gasteiger partial charge on any atom is -0.498 e. The summed E-state index contributed by atoms with van der Waals surface area (Å²) in [6.45, 7) is 5.62. The Morgan fingerprint density at radius 1 is 1.53 bits per heavy atom. The molecule has 0 aliphatic carbocycles. The summed E-state index contributed by atoms with van der Waals surface area (Å²) in [6.07, 6.45) is 1.67. The lowest BCUT2D eigenvalue weighted by atomic mass is 10.1. The molecule has 0 aromatic rings. The maximum absolute atomic E-state index is 11.3. The molecule has 0 spiro atoms. The van der Waals surface area contributed by atoms with Gasteiger partial charge in [-0.25, -0.2) is 9.59 Å². The van der Waals surface area contributed by atoms with E-state index in [4.69, 9.17) is 10.5 Å². The summed E-state index contributed by atoms with van der Waals surface area (Å²) in [5.74, 6) is -0.717. The zero-order valence-corrected chi connectivity index (χ0v) is 9.07. The van der Waals surface area contributed by atoms with Gasteiger partial charge in [0.15, 0.2) is 0 Å². The molecule has 0 aromatic carbocycles. The normalized spacial score (nSPS) is 12.9. The third-order valence-corrected chi connectivity index (χ3v) is 1.63. The van der Waals surface area contributed by atoms with Crippen molar-refractivity contribution in [1.82, 2.24) is 5.48 Å². The quantitative estimate of drug-likeness (QED) is 0.534. The van der Waals surface area contributed by atoms with Crippen molar-refractivity contribution in [2.75, 3.05) is 6.61 Å². The molecule has 2 amide bonds. The van der Waals surface area contributed by atoms with Crippen molar-refractivity contribution in [2.45, 2.75) is 20.8 Å². The molecule has 0 bridgehead atoms. The summed E-state index contributed by atoms with van der Waals surface area (Å²) in [5, 5.41) is 0. The van der Waals surface area contributed by atoms with Crippen LogP contribution in [0.25, 0.3) is 0 Å². The summed E-state index contributed by atoms with van der Waals surface area (Å²) in [4.78, 5) is 26.0. The van der Waals surface area contributed by atoms with E-state index in [1.165, 1.54) is 0 Å². The number of carbonyl (C=O) groups is 2. The van der Waals surface area contributed by atoms with Gasteiger partial charge < -0.3 is 15.3 Å². The Balaban J connectivity index is 4.23. The smallest absolute Gasteiger partial charge is 0.345 e. The third-order valence-electron chi connectivity index (χ3n) is 1.63. The van der Waals surface area contributed by atoms with Crippen molar-refractivity contribution in [1.29, 1.82) is 0 Å². The van der Waals surface area contributed by atoms with Crippen LogP contribution in [0.3, 0.4) is 0 Å². The Morgan fingerprint density at radius 2 is 2.13 bits per heavy atom. The number of primary amides is 1. The second-order valence-electron chi connectivity index (χ2n) is 2.73. The van der Waals surface area contributed by atoms with Crippen molar-refractivity contribution < 1.29 is 19.2 Å². The van der Waals surface area contributed by atoms with Gasteiger partial charge in [0.25, 0.3) is 0 Å². The fraction of sp³-hybridized carbons (Fsp3) is 0.556. The standard InChI is InChI=1S/C9H16N2O4/c1-4-7(14-5-2)6(3)8(12)15-11-9(10)13/h4,6H,5H2,1-3H3,(H3,10,11,13). The van der Waals surface area contributed by atoms with Gasteiger partial charge in [-0.05, 0) is 26.8 Å². The first-order valence-electron chi connectivity index (χ1n) is 4.58. The summed E-state index contributed by atoms with van der Waals surface area (Å²) in [7, 11) is 0. The van der Waals surface area contributed by atoms with Gasteiger partial charge in [-0.1, -0.05) is 0 Å². The van der Waals surface area contributed by atoms with E-state index in [0.29, 0.717) is 12.4 Å². The molecule has 3 N–H and O–H groups in total. The van der Waals surface area contributed by atoms with Crippen LogP contribution in [0, 0.1) is 5.92 Å². The Bertz CT molecular complexity index is 263. The first kappa shape index (κ1) is 13.3. The number of ether oxygens (including phenoxy) is 1. The van der Waals surface area contributed by atoms with Crippen LogP contribution in [0.15, 0.2) is 11.8 Å². The molecule has 1 unspecified atom stereocenters. The average Bonchev–Trinajstić information content (AvgIpc) is 2.21. The van der Waals surface area contributed by atoms with Crippen LogP contribution >= 0.6 is 0 Å². The highest BCUT2D eigenvalue weighted by Crippen LogP contribution is 2.13. The summed E-state index contributed by atoms with van der Waals surface area (Å²) >= 11 is 0. The number of nitrogens with two attached hydrogens (primary N) is 1.